The molecular formula is C57H71BN2. The zero-order valence-electron chi connectivity index (χ0n) is 40.2. The lowest BCUT2D eigenvalue weighted by molar-refractivity contribution is 0.332. The van der Waals surface area contributed by atoms with Crippen LogP contribution >= 0.6 is 0 Å². The molecule has 0 fully saturated rings. The maximum Gasteiger partial charge on any atom is 0.252 e. The van der Waals surface area contributed by atoms with Gasteiger partial charge in [0.25, 0.3) is 6.71 Å². The maximum atomic E-state index is 2.71. The summed E-state index contributed by atoms with van der Waals surface area (Å²) in [6, 6.07) is 30.2. The third kappa shape index (κ3) is 6.17. The second-order valence-corrected chi connectivity index (χ2v) is 24.3. The highest BCUT2D eigenvalue weighted by atomic mass is 15.2. The van der Waals surface area contributed by atoms with E-state index in [4.69, 9.17) is 0 Å². The Balaban J connectivity index is 1.44. The summed E-state index contributed by atoms with van der Waals surface area (Å²) < 4.78 is 0. The number of hydrogen-bond acceptors (Lipinski definition) is 2. The number of anilines is 6. The highest BCUT2D eigenvalue weighted by molar-refractivity contribution is 7.00. The van der Waals surface area contributed by atoms with Crippen molar-refractivity contribution in [1.82, 2.24) is 0 Å². The molecule has 0 spiro atoms. The van der Waals surface area contributed by atoms with Crippen molar-refractivity contribution in [2.45, 2.75) is 176 Å². The van der Waals surface area contributed by atoms with Crippen molar-refractivity contribution in [2.75, 3.05) is 9.80 Å². The predicted molar refractivity (Wildman–Crippen MR) is 263 cm³/mol. The zero-order valence-corrected chi connectivity index (χ0v) is 40.2. The first-order valence-corrected chi connectivity index (χ1v) is 23.1. The van der Waals surface area contributed by atoms with Gasteiger partial charge in [-0.1, -0.05) is 133 Å². The van der Waals surface area contributed by atoms with Crippen molar-refractivity contribution in [2.24, 2.45) is 0 Å². The van der Waals surface area contributed by atoms with Crippen molar-refractivity contribution in [3.8, 4) is 0 Å². The molecular weight excluding hydrogens is 723 g/mol. The van der Waals surface area contributed by atoms with Crippen LogP contribution in [0.2, 0.25) is 0 Å². The van der Waals surface area contributed by atoms with Gasteiger partial charge in [0.05, 0.1) is 5.69 Å². The first kappa shape index (κ1) is 41.1. The van der Waals surface area contributed by atoms with Crippen LogP contribution in [-0.2, 0) is 32.5 Å². The quantitative estimate of drug-likeness (QED) is 0.161. The summed E-state index contributed by atoms with van der Waals surface area (Å²) in [6.07, 6.45) is 4.77. The van der Waals surface area contributed by atoms with Crippen LogP contribution in [-0.4, -0.2) is 6.71 Å². The van der Waals surface area contributed by atoms with Crippen molar-refractivity contribution < 1.29 is 0 Å². The third-order valence-corrected chi connectivity index (χ3v) is 15.7. The van der Waals surface area contributed by atoms with E-state index in [0.717, 1.165) is 0 Å². The van der Waals surface area contributed by atoms with Gasteiger partial charge in [0.1, 0.15) is 0 Å². The topological polar surface area (TPSA) is 6.48 Å². The van der Waals surface area contributed by atoms with E-state index in [-0.39, 0.29) is 39.2 Å². The Hall–Kier alpha value is -4.24. The van der Waals surface area contributed by atoms with Crippen LogP contribution in [0, 0.1) is 20.8 Å². The fourth-order valence-electron chi connectivity index (χ4n) is 11.6. The normalized spacial score (nSPS) is 19.2. The van der Waals surface area contributed by atoms with Crippen LogP contribution in [0.25, 0.3) is 0 Å². The van der Waals surface area contributed by atoms with Crippen LogP contribution < -0.4 is 26.2 Å². The lowest BCUT2D eigenvalue weighted by Gasteiger charge is -2.49. The number of fused-ring (bicyclic) bond motifs is 6. The van der Waals surface area contributed by atoms with Gasteiger partial charge >= 0.3 is 0 Å². The minimum absolute atomic E-state index is 0.0599. The monoisotopic (exact) mass is 795 g/mol. The molecule has 0 saturated carbocycles. The number of nitrogens with zero attached hydrogens (tertiary/aromatic N) is 2. The molecule has 9 rings (SSSR count). The molecule has 0 N–H and O–H groups in total. The second kappa shape index (κ2) is 12.9. The summed E-state index contributed by atoms with van der Waals surface area (Å²) in [4.78, 5) is 5.36. The first-order chi connectivity index (χ1) is 27.7. The summed E-state index contributed by atoms with van der Waals surface area (Å²) in [5.41, 5.74) is 25.5. The third-order valence-electron chi connectivity index (χ3n) is 15.7. The predicted octanol–water partition coefficient (Wildman–Crippen LogP) is 14.0. The van der Waals surface area contributed by atoms with Crippen molar-refractivity contribution in [3.63, 3.8) is 0 Å². The van der Waals surface area contributed by atoms with Crippen molar-refractivity contribution in [3.05, 3.63) is 123 Å². The van der Waals surface area contributed by atoms with Gasteiger partial charge in [0, 0.05) is 28.4 Å². The molecule has 2 aliphatic heterocycles. The highest BCUT2D eigenvalue weighted by Crippen LogP contribution is 2.53. The molecule has 0 bridgehead atoms. The summed E-state index contributed by atoms with van der Waals surface area (Å²) in [6.45, 7) is 41.0. The SMILES string of the molecule is Cc1cc2c3c(c1)N(c1c(C)cc(C(C)(C)C)cc1C)c1cc4c(cc1B3c1cc3c(cc1N2c1ccc(C(C)(C)C)cc1)C(C)(C)CCC3(C)C)C(C)(C)CCC4(C)C. The molecule has 3 heteroatoms. The van der Waals surface area contributed by atoms with E-state index in [2.05, 4.69) is 200 Å². The van der Waals surface area contributed by atoms with Gasteiger partial charge in [0.15, 0.2) is 0 Å². The van der Waals surface area contributed by atoms with E-state index >= 15 is 0 Å². The molecule has 0 radical (unpaired) electrons. The van der Waals surface area contributed by atoms with E-state index in [1.54, 1.807) is 0 Å². The van der Waals surface area contributed by atoms with Gasteiger partial charge in [-0.05, 0) is 182 Å². The van der Waals surface area contributed by atoms with Crippen LogP contribution in [0.1, 0.15) is 173 Å². The molecule has 4 aliphatic rings. The molecule has 0 atom stereocenters. The van der Waals surface area contributed by atoms with Crippen LogP contribution in [0.15, 0.2) is 72.8 Å². The van der Waals surface area contributed by atoms with Gasteiger partial charge in [-0.15, -0.1) is 0 Å². The summed E-state index contributed by atoms with van der Waals surface area (Å²) in [5.74, 6) is 0. The molecule has 0 aromatic heterocycles. The van der Waals surface area contributed by atoms with Crippen LogP contribution in [0.5, 0.6) is 0 Å². The molecule has 2 nitrogen and oxygen atoms in total. The average molecular weight is 795 g/mol. The number of aryl methyl sites for hydroxylation is 3. The average Bonchev–Trinajstić information content (AvgIpc) is 3.14. The van der Waals surface area contributed by atoms with Gasteiger partial charge in [-0.3, -0.25) is 0 Å². The van der Waals surface area contributed by atoms with Gasteiger partial charge in [0.2, 0.25) is 0 Å². The Kier molecular flexibility index (Phi) is 8.85. The molecule has 2 heterocycles. The Labute approximate surface area is 364 Å². The molecule has 5 aromatic carbocycles. The number of benzene rings is 5. The van der Waals surface area contributed by atoms with Gasteiger partial charge in [-0.2, -0.15) is 0 Å². The molecule has 312 valence electrons. The fraction of sp³-hybridized carbons (Fsp3) is 0.474. The Morgan fingerprint density at radius 3 is 1.25 bits per heavy atom. The molecule has 60 heavy (non-hydrogen) atoms. The van der Waals surface area contributed by atoms with E-state index in [9.17, 15) is 0 Å². The Morgan fingerprint density at radius 2 is 0.833 bits per heavy atom. The largest absolute Gasteiger partial charge is 0.311 e. The molecule has 2 aliphatic carbocycles. The number of hydrogen-bond donors (Lipinski definition) is 0. The smallest absolute Gasteiger partial charge is 0.252 e. The number of rotatable bonds is 2. The maximum absolute atomic E-state index is 2.71. The van der Waals surface area contributed by atoms with E-state index in [1.807, 2.05) is 0 Å². The van der Waals surface area contributed by atoms with E-state index < -0.39 is 0 Å². The highest BCUT2D eigenvalue weighted by Gasteiger charge is 2.48. The van der Waals surface area contributed by atoms with Crippen LogP contribution in [0.4, 0.5) is 34.1 Å². The molecule has 0 unspecified atom stereocenters. The summed E-state index contributed by atoms with van der Waals surface area (Å²) >= 11 is 0. The second-order valence-electron chi connectivity index (χ2n) is 24.3. The van der Waals surface area contributed by atoms with E-state index in [1.165, 1.54) is 126 Å². The molecule has 5 aromatic rings. The minimum atomic E-state index is 0.0599. The Morgan fingerprint density at radius 1 is 0.450 bits per heavy atom. The fourth-order valence-corrected chi connectivity index (χ4v) is 11.6. The summed E-state index contributed by atoms with van der Waals surface area (Å²) in [7, 11) is 0. The lowest BCUT2D eigenvalue weighted by Crippen LogP contribution is -2.62. The molecule has 0 saturated heterocycles. The van der Waals surface area contributed by atoms with E-state index in [0.29, 0.717) is 0 Å². The summed E-state index contributed by atoms with van der Waals surface area (Å²) in [5, 5.41) is 0. The first-order valence-electron chi connectivity index (χ1n) is 23.1. The van der Waals surface area contributed by atoms with Crippen molar-refractivity contribution in [1.29, 1.82) is 0 Å². The lowest BCUT2D eigenvalue weighted by atomic mass is 9.32. The minimum Gasteiger partial charge on any atom is -0.311 e. The van der Waals surface area contributed by atoms with Crippen LogP contribution in [0.3, 0.4) is 0 Å². The van der Waals surface area contributed by atoms with Gasteiger partial charge < -0.3 is 9.80 Å². The standard InChI is InChI=1S/C57H71BN2/c1-34-26-48-50-49(27-34)60(51-35(2)28-38(29-36(51)3)53(7,8)9)47-33-43-41(55(12,13)23-25-57(43,16)17)31-45(47)58(50)44-30-40-42(56(14,15)24-22-54(40,10)11)32-46(44)59(48)39-20-18-37(19-21-39)52(4,5)6/h18-21,26-33H,22-25H2,1-17H3. The Bertz CT molecular complexity index is 2580. The zero-order chi connectivity index (χ0) is 43.4. The van der Waals surface area contributed by atoms with Gasteiger partial charge in [-0.25, -0.2) is 0 Å². The molecule has 0 amide bonds. The van der Waals surface area contributed by atoms with Crippen molar-refractivity contribution >= 4 is 57.2 Å².